The molecule has 3 atom stereocenters. The van der Waals surface area contributed by atoms with E-state index >= 15 is 0 Å². The van der Waals surface area contributed by atoms with Crippen molar-refractivity contribution in [1.29, 1.82) is 0 Å². The van der Waals surface area contributed by atoms with Crippen molar-refractivity contribution >= 4 is 5.91 Å². The van der Waals surface area contributed by atoms with Crippen molar-refractivity contribution in [2.45, 2.75) is 31.9 Å². The number of carbonyl (C=O) groups excluding carboxylic acids is 1. The van der Waals surface area contributed by atoms with E-state index in [0.717, 1.165) is 19.4 Å². The average Bonchev–Trinajstić information content (AvgIpc) is 2.37. The minimum atomic E-state index is -0.0386. The molecule has 0 aromatic rings. The van der Waals surface area contributed by atoms with Gasteiger partial charge >= 0.3 is 0 Å². The molecular weight excluding hydrogens is 220 g/mol. The van der Waals surface area contributed by atoms with Crippen molar-refractivity contribution in [1.82, 2.24) is 10.6 Å². The molecule has 0 bridgehead atoms. The maximum Gasteiger partial charge on any atom is 0.237 e. The number of hydrogen-bond acceptors (Lipinski definition) is 4. The lowest BCUT2D eigenvalue weighted by molar-refractivity contribution is -0.126. The minimum Gasteiger partial charge on any atom is -0.376 e. The highest BCUT2D eigenvalue weighted by Crippen LogP contribution is 2.14. The number of ether oxygens (including phenoxy) is 2. The summed E-state index contributed by atoms with van der Waals surface area (Å²) in [7, 11) is 0. The van der Waals surface area contributed by atoms with Crippen LogP contribution in [-0.2, 0) is 14.3 Å². The first-order chi connectivity index (χ1) is 8.25. The van der Waals surface area contributed by atoms with E-state index in [9.17, 15) is 4.79 Å². The second kappa shape index (κ2) is 6.33. The van der Waals surface area contributed by atoms with Crippen molar-refractivity contribution in [3.63, 3.8) is 0 Å². The van der Waals surface area contributed by atoms with Crippen molar-refractivity contribution in [3.05, 3.63) is 0 Å². The lowest BCUT2D eigenvalue weighted by atomic mass is 9.94. The molecule has 17 heavy (non-hydrogen) atoms. The highest BCUT2D eigenvalue weighted by Gasteiger charge is 2.25. The van der Waals surface area contributed by atoms with Crippen LogP contribution in [0, 0.1) is 5.92 Å². The Balaban J connectivity index is 1.69. The van der Waals surface area contributed by atoms with E-state index in [1.54, 1.807) is 0 Å². The first kappa shape index (κ1) is 12.8. The van der Waals surface area contributed by atoms with Gasteiger partial charge in [0.2, 0.25) is 5.91 Å². The van der Waals surface area contributed by atoms with Crippen LogP contribution in [-0.4, -0.2) is 51.0 Å². The fourth-order valence-electron chi connectivity index (χ4n) is 2.30. The van der Waals surface area contributed by atoms with Crippen LogP contribution < -0.4 is 10.6 Å². The van der Waals surface area contributed by atoms with Gasteiger partial charge < -0.3 is 20.1 Å². The largest absolute Gasteiger partial charge is 0.376 e. The van der Waals surface area contributed by atoms with Gasteiger partial charge in [-0.25, -0.2) is 0 Å². The van der Waals surface area contributed by atoms with Gasteiger partial charge in [0.05, 0.1) is 32.0 Å². The van der Waals surface area contributed by atoms with Gasteiger partial charge in [-0.05, 0) is 25.3 Å². The van der Waals surface area contributed by atoms with E-state index in [1.807, 2.05) is 0 Å². The van der Waals surface area contributed by atoms with E-state index in [0.29, 0.717) is 32.3 Å². The molecule has 0 spiro atoms. The van der Waals surface area contributed by atoms with Crippen LogP contribution in [0.4, 0.5) is 0 Å². The molecule has 3 unspecified atom stereocenters. The maximum atomic E-state index is 11.9. The molecular formula is C12H22N2O3. The van der Waals surface area contributed by atoms with Crippen LogP contribution in [0.1, 0.15) is 19.8 Å². The second-order valence-corrected chi connectivity index (χ2v) is 4.95. The van der Waals surface area contributed by atoms with Crippen LogP contribution >= 0.6 is 0 Å². The zero-order chi connectivity index (χ0) is 12.1. The second-order valence-electron chi connectivity index (χ2n) is 4.95. The highest BCUT2D eigenvalue weighted by atomic mass is 16.6. The molecule has 2 N–H and O–H groups in total. The molecule has 2 fully saturated rings. The molecule has 2 saturated heterocycles. The average molecular weight is 242 g/mol. The topological polar surface area (TPSA) is 59.6 Å². The van der Waals surface area contributed by atoms with Crippen LogP contribution in [0.5, 0.6) is 0 Å². The maximum absolute atomic E-state index is 11.9. The number of hydrogen-bond donors (Lipinski definition) is 2. The van der Waals surface area contributed by atoms with Gasteiger partial charge in [0, 0.05) is 6.54 Å². The summed E-state index contributed by atoms with van der Waals surface area (Å²) < 4.78 is 10.8. The quantitative estimate of drug-likeness (QED) is 0.726. The SMILES string of the molecule is CC1CCNC(C(=O)NCC2COCCO2)C1. The first-order valence-electron chi connectivity index (χ1n) is 6.46. The lowest BCUT2D eigenvalue weighted by Gasteiger charge is -2.28. The fourth-order valence-corrected chi connectivity index (χ4v) is 2.30. The fraction of sp³-hybridized carbons (Fsp3) is 0.917. The van der Waals surface area contributed by atoms with Gasteiger partial charge in [-0.15, -0.1) is 0 Å². The van der Waals surface area contributed by atoms with Crippen LogP contribution in [0.25, 0.3) is 0 Å². The molecule has 98 valence electrons. The van der Waals surface area contributed by atoms with Crippen LogP contribution in [0.15, 0.2) is 0 Å². The Morgan fingerprint density at radius 2 is 2.35 bits per heavy atom. The molecule has 2 heterocycles. The summed E-state index contributed by atoms with van der Waals surface area (Å²) in [4.78, 5) is 11.9. The van der Waals surface area contributed by atoms with Gasteiger partial charge in [-0.1, -0.05) is 6.92 Å². The summed E-state index contributed by atoms with van der Waals surface area (Å²) in [5, 5.41) is 6.19. The Hall–Kier alpha value is -0.650. The molecule has 0 aliphatic carbocycles. The molecule has 0 aromatic carbocycles. The Morgan fingerprint density at radius 3 is 3.06 bits per heavy atom. The number of amides is 1. The summed E-state index contributed by atoms with van der Waals surface area (Å²) in [5.41, 5.74) is 0. The molecule has 5 heteroatoms. The molecule has 0 saturated carbocycles. The normalized spacial score (nSPS) is 34.3. The zero-order valence-electron chi connectivity index (χ0n) is 10.4. The van der Waals surface area contributed by atoms with Gasteiger partial charge in [-0.3, -0.25) is 4.79 Å². The van der Waals surface area contributed by atoms with E-state index in [-0.39, 0.29) is 18.1 Å². The smallest absolute Gasteiger partial charge is 0.237 e. The van der Waals surface area contributed by atoms with Crippen LogP contribution in [0.3, 0.4) is 0 Å². The van der Waals surface area contributed by atoms with E-state index in [2.05, 4.69) is 17.6 Å². The zero-order valence-corrected chi connectivity index (χ0v) is 10.4. The lowest BCUT2D eigenvalue weighted by Crippen LogP contribution is -2.50. The summed E-state index contributed by atoms with van der Waals surface area (Å²) in [6.07, 6.45) is 2.09. The van der Waals surface area contributed by atoms with Gasteiger partial charge in [0.25, 0.3) is 0 Å². The monoisotopic (exact) mass is 242 g/mol. The Labute approximate surface area is 102 Å². The summed E-state index contributed by atoms with van der Waals surface area (Å²) in [6.45, 7) is 5.53. The Morgan fingerprint density at radius 1 is 1.47 bits per heavy atom. The van der Waals surface area contributed by atoms with Crippen molar-refractivity contribution in [2.75, 3.05) is 32.9 Å². The molecule has 2 rings (SSSR count). The predicted octanol–water partition coefficient (Wildman–Crippen LogP) is -0.0939. The third kappa shape index (κ3) is 3.94. The summed E-state index contributed by atoms with van der Waals surface area (Å²) >= 11 is 0. The van der Waals surface area contributed by atoms with Crippen molar-refractivity contribution in [3.8, 4) is 0 Å². The third-order valence-electron chi connectivity index (χ3n) is 3.37. The van der Waals surface area contributed by atoms with E-state index in [1.165, 1.54) is 0 Å². The minimum absolute atomic E-state index is 0.00807. The summed E-state index contributed by atoms with van der Waals surface area (Å²) in [6, 6.07) is -0.0386. The number of piperidine rings is 1. The van der Waals surface area contributed by atoms with E-state index in [4.69, 9.17) is 9.47 Å². The Bertz CT molecular complexity index is 254. The van der Waals surface area contributed by atoms with Gasteiger partial charge in [0.1, 0.15) is 0 Å². The molecule has 0 radical (unpaired) electrons. The van der Waals surface area contributed by atoms with Crippen molar-refractivity contribution < 1.29 is 14.3 Å². The number of rotatable bonds is 3. The molecule has 2 aliphatic heterocycles. The molecule has 0 aromatic heterocycles. The molecule has 5 nitrogen and oxygen atoms in total. The van der Waals surface area contributed by atoms with E-state index < -0.39 is 0 Å². The Kier molecular flexibility index (Phi) is 4.76. The number of carbonyl (C=O) groups is 1. The summed E-state index contributed by atoms with van der Waals surface area (Å²) in [5.74, 6) is 0.715. The van der Waals surface area contributed by atoms with Crippen LogP contribution in [0.2, 0.25) is 0 Å². The number of nitrogens with one attached hydrogen (secondary N) is 2. The standard InChI is InChI=1S/C12H22N2O3/c1-9-2-3-13-11(6-9)12(15)14-7-10-8-16-4-5-17-10/h9-11,13H,2-8H2,1H3,(H,14,15). The molecule has 2 aliphatic rings. The van der Waals surface area contributed by atoms with Gasteiger partial charge in [0.15, 0.2) is 0 Å². The van der Waals surface area contributed by atoms with Crippen molar-refractivity contribution in [2.24, 2.45) is 5.92 Å². The third-order valence-corrected chi connectivity index (χ3v) is 3.37. The molecule has 1 amide bonds. The predicted molar refractivity (Wildman–Crippen MR) is 63.8 cm³/mol. The van der Waals surface area contributed by atoms with Gasteiger partial charge in [-0.2, -0.15) is 0 Å². The highest BCUT2D eigenvalue weighted by molar-refractivity contribution is 5.81. The first-order valence-corrected chi connectivity index (χ1v) is 6.46.